The molecule has 4 aromatic carbocycles. The summed E-state index contributed by atoms with van der Waals surface area (Å²) < 4.78 is 11.4. The zero-order valence-corrected chi connectivity index (χ0v) is 18.2. The molecule has 6 heteroatoms. The van der Waals surface area contributed by atoms with Crippen LogP contribution >= 0.6 is 23.2 Å². The number of rotatable bonds is 6. The van der Waals surface area contributed by atoms with Crippen molar-refractivity contribution in [2.75, 3.05) is 12.4 Å². The van der Waals surface area contributed by atoms with Gasteiger partial charge in [-0.2, -0.15) is 0 Å². The Morgan fingerprint density at radius 3 is 2.52 bits per heavy atom. The average Bonchev–Trinajstić information content (AvgIpc) is 2.79. The van der Waals surface area contributed by atoms with Crippen LogP contribution in [0.15, 0.2) is 78.9 Å². The molecule has 4 nitrogen and oxygen atoms in total. The molecule has 0 spiro atoms. The third kappa shape index (κ3) is 4.93. The van der Waals surface area contributed by atoms with E-state index < -0.39 is 0 Å². The lowest BCUT2D eigenvalue weighted by atomic mass is 10.1. The molecule has 0 aromatic heterocycles. The first-order valence-electron chi connectivity index (χ1n) is 9.58. The minimum absolute atomic E-state index is 0.251. The minimum atomic E-state index is -0.307. The standard InChI is InChI=1S/C25H19Cl2NO3/c1-30-24-11-7-18(25(29)28-23-14-20(26)8-10-22(23)27)12-19(24)15-31-21-9-6-16-4-2-3-5-17(16)13-21/h2-14H,15H2,1H3,(H,28,29). The molecule has 31 heavy (non-hydrogen) atoms. The van der Waals surface area contributed by atoms with Crippen LogP contribution in [0.2, 0.25) is 10.0 Å². The molecule has 1 amide bonds. The molecule has 0 fully saturated rings. The molecule has 0 saturated carbocycles. The topological polar surface area (TPSA) is 47.6 Å². The smallest absolute Gasteiger partial charge is 0.255 e. The van der Waals surface area contributed by atoms with Crippen molar-refractivity contribution < 1.29 is 14.3 Å². The number of amides is 1. The number of hydrogen-bond acceptors (Lipinski definition) is 3. The zero-order chi connectivity index (χ0) is 21.8. The van der Waals surface area contributed by atoms with E-state index >= 15 is 0 Å². The van der Waals surface area contributed by atoms with E-state index in [-0.39, 0.29) is 12.5 Å². The fraction of sp³-hybridized carbons (Fsp3) is 0.0800. The summed E-state index contributed by atoms with van der Waals surface area (Å²) in [7, 11) is 1.58. The first-order valence-corrected chi connectivity index (χ1v) is 10.3. The van der Waals surface area contributed by atoms with E-state index in [0.29, 0.717) is 27.0 Å². The molecule has 0 atom stereocenters. The summed E-state index contributed by atoms with van der Waals surface area (Å²) >= 11 is 12.2. The van der Waals surface area contributed by atoms with Crippen LogP contribution in [0.4, 0.5) is 5.69 Å². The molecular weight excluding hydrogens is 433 g/mol. The van der Waals surface area contributed by atoms with E-state index in [1.165, 1.54) is 0 Å². The second-order valence-electron chi connectivity index (χ2n) is 6.90. The molecule has 0 aliphatic carbocycles. The first-order chi connectivity index (χ1) is 15.0. The Hall–Kier alpha value is -3.21. The van der Waals surface area contributed by atoms with Crippen LogP contribution in [-0.4, -0.2) is 13.0 Å². The predicted octanol–water partition coefficient (Wildman–Crippen LogP) is 6.99. The van der Waals surface area contributed by atoms with E-state index in [0.717, 1.165) is 22.1 Å². The largest absolute Gasteiger partial charge is 0.496 e. The van der Waals surface area contributed by atoms with Crippen LogP contribution in [-0.2, 0) is 6.61 Å². The maximum Gasteiger partial charge on any atom is 0.255 e. The number of methoxy groups -OCH3 is 1. The van der Waals surface area contributed by atoms with Gasteiger partial charge in [-0.25, -0.2) is 0 Å². The Morgan fingerprint density at radius 1 is 0.903 bits per heavy atom. The Bertz CT molecular complexity index is 1260. The molecule has 1 N–H and O–H groups in total. The van der Waals surface area contributed by atoms with Gasteiger partial charge in [-0.15, -0.1) is 0 Å². The van der Waals surface area contributed by atoms with Crippen LogP contribution in [0.1, 0.15) is 15.9 Å². The maximum absolute atomic E-state index is 12.8. The second kappa shape index (κ2) is 9.29. The van der Waals surface area contributed by atoms with Crippen molar-refractivity contribution in [1.82, 2.24) is 0 Å². The van der Waals surface area contributed by atoms with Crippen molar-refractivity contribution in [2.24, 2.45) is 0 Å². The molecule has 0 bridgehead atoms. The van der Waals surface area contributed by atoms with Gasteiger partial charge in [0.15, 0.2) is 0 Å². The normalized spacial score (nSPS) is 10.7. The molecular formula is C25H19Cl2NO3. The fourth-order valence-electron chi connectivity index (χ4n) is 3.24. The van der Waals surface area contributed by atoms with Crippen LogP contribution in [0.25, 0.3) is 10.8 Å². The minimum Gasteiger partial charge on any atom is -0.496 e. The van der Waals surface area contributed by atoms with Gasteiger partial charge in [0.1, 0.15) is 18.1 Å². The lowest BCUT2D eigenvalue weighted by Crippen LogP contribution is -2.13. The molecule has 0 heterocycles. The Morgan fingerprint density at radius 2 is 1.71 bits per heavy atom. The van der Waals surface area contributed by atoms with Gasteiger partial charge in [-0.3, -0.25) is 4.79 Å². The lowest BCUT2D eigenvalue weighted by Gasteiger charge is -2.13. The molecule has 0 aliphatic heterocycles. The highest BCUT2D eigenvalue weighted by atomic mass is 35.5. The van der Waals surface area contributed by atoms with Crippen LogP contribution in [0.5, 0.6) is 11.5 Å². The monoisotopic (exact) mass is 451 g/mol. The number of fused-ring (bicyclic) bond motifs is 1. The highest BCUT2D eigenvalue weighted by Crippen LogP contribution is 2.28. The number of benzene rings is 4. The van der Waals surface area contributed by atoms with E-state index in [2.05, 4.69) is 11.4 Å². The van der Waals surface area contributed by atoms with Crippen molar-refractivity contribution in [2.45, 2.75) is 6.61 Å². The van der Waals surface area contributed by atoms with E-state index in [4.69, 9.17) is 32.7 Å². The molecule has 0 aliphatic rings. The van der Waals surface area contributed by atoms with Gasteiger partial charge in [-0.05, 0) is 59.3 Å². The summed E-state index contributed by atoms with van der Waals surface area (Å²) in [6.07, 6.45) is 0. The van der Waals surface area contributed by atoms with Gasteiger partial charge in [0.05, 0.1) is 17.8 Å². The zero-order valence-electron chi connectivity index (χ0n) is 16.7. The summed E-state index contributed by atoms with van der Waals surface area (Å²) in [5, 5.41) is 5.92. The number of nitrogens with one attached hydrogen (secondary N) is 1. The van der Waals surface area contributed by atoms with Crippen molar-refractivity contribution in [1.29, 1.82) is 0 Å². The maximum atomic E-state index is 12.8. The quantitative estimate of drug-likeness (QED) is 0.343. The third-order valence-corrected chi connectivity index (χ3v) is 5.40. The number of ether oxygens (including phenoxy) is 2. The van der Waals surface area contributed by atoms with Gasteiger partial charge < -0.3 is 14.8 Å². The van der Waals surface area contributed by atoms with E-state index in [1.54, 1.807) is 43.5 Å². The molecule has 0 radical (unpaired) electrons. The Balaban J connectivity index is 1.53. The molecule has 0 saturated heterocycles. The summed E-state index contributed by atoms with van der Waals surface area (Å²) in [5.41, 5.74) is 1.65. The SMILES string of the molecule is COc1ccc(C(=O)Nc2cc(Cl)ccc2Cl)cc1COc1ccc2ccccc2c1. The van der Waals surface area contributed by atoms with Crippen molar-refractivity contribution in [3.05, 3.63) is 100 Å². The highest BCUT2D eigenvalue weighted by molar-refractivity contribution is 6.35. The van der Waals surface area contributed by atoms with E-state index in [1.807, 2.05) is 36.4 Å². The molecule has 4 rings (SSSR count). The highest BCUT2D eigenvalue weighted by Gasteiger charge is 2.13. The van der Waals surface area contributed by atoms with Crippen molar-refractivity contribution in [3.63, 3.8) is 0 Å². The molecule has 4 aromatic rings. The van der Waals surface area contributed by atoms with Gasteiger partial charge in [0.25, 0.3) is 5.91 Å². The first kappa shape index (κ1) is 21.0. The second-order valence-corrected chi connectivity index (χ2v) is 7.75. The van der Waals surface area contributed by atoms with Crippen LogP contribution in [0, 0.1) is 0 Å². The predicted molar refractivity (Wildman–Crippen MR) is 126 cm³/mol. The number of hydrogen-bond donors (Lipinski definition) is 1. The summed E-state index contributed by atoms with van der Waals surface area (Å²) in [6, 6.07) is 24.1. The van der Waals surface area contributed by atoms with Crippen molar-refractivity contribution >= 4 is 45.6 Å². The van der Waals surface area contributed by atoms with E-state index in [9.17, 15) is 4.79 Å². The van der Waals surface area contributed by atoms with Gasteiger partial charge >= 0.3 is 0 Å². The average molecular weight is 452 g/mol. The lowest BCUT2D eigenvalue weighted by molar-refractivity contribution is 0.102. The van der Waals surface area contributed by atoms with Gasteiger partial charge in [0.2, 0.25) is 0 Å². The van der Waals surface area contributed by atoms with Crippen LogP contribution < -0.4 is 14.8 Å². The summed E-state index contributed by atoms with van der Waals surface area (Å²) in [5.74, 6) is 1.07. The number of anilines is 1. The number of carbonyl (C=O) groups excluding carboxylic acids is 1. The summed E-state index contributed by atoms with van der Waals surface area (Å²) in [4.78, 5) is 12.8. The number of carbonyl (C=O) groups is 1. The van der Waals surface area contributed by atoms with Gasteiger partial charge in [-0.1, -0.05) is 53.5 Å². The fourth-order valence-corrected chi connectivity index (χ4v) is 3.58. The Kier molecular flexibility index (Phi) is 6.31. The Labute approximate surface area is 190 Å². The molecule has 156 valence electrons. The van der Waals surface area contributed by atoms with Crippen molar-refractivity contribution in [3.8, 4) is 11.5 Å². The summed E-state index contributed by atoms with van der Waals surface area (Å²) in [6.45, 7) is 0.251. The van der Waals surface area contributed by atoms with Gasteiger partial charge in [0, 0.05) is 16.1 Å². The number of halogens is 2. The third-order valence-electron chi connectivity index (χ3n) is 4.83. The molecule has 0 unspecified atom stereocenters. The van der Waals surface area contributed by atoms with Crippen LogP contribution in [0.3, 0.4) is 0 Å².